The average Bonchev–Trinajstić information content (AvgIpc) is 2.50. The van der Waals surface area contributed by atoms with E-state index in [2.05, 4.69) is 5.92 Å². The van der Waals surface area contributed by atoms with E-state index in [-0.39, 0.29) is 11.3 Å². The van der Waals surface area contributed by atoms with E-state index in [1.54, 1.807) is 0 Å². The molecule has 4 heteroatoms. The van der Waals surface area contributed by atoms with Crippen LogP contribution in [0, 0.1) is 12.3 Å². The first-order valence-corrected chi connectivity index (χ1v) is 5.21. The molecule has 1 atom stereocenters. The number of carbonyl (C=O) groups is 1. The van der Waals surface area contributed by atoms with Crippen LogP contribution in [0.1, 0.15) is 6.92 Å². The first kappa shape index (κ1) is 10.4. The van der Waals surface area contributed by atoms with Crippen LogP contribution >= 0.6 is 11.8 Å². The summed E-state index contributed by atoms with van der Waals surface area (Å²) in [6.07, 6.45) is 5.28. The van der Waals surface area contributed by atoms with Crippen LogP contribution < -0.4 is 0 Å². The van der Waals surface area contributed by atoms with Crippen molar-refractivity contribution in [3.05, 3.63) is 0 Å². The second kappa shape index (κ2) is 4.54. The van der Waals surface area contributed by atoms with Gasteiger partial charge >= 0.3 is 0 Å². The minimum absolute atomic E-state index is 0.0819. The highest BCUT2D eigenvalue weighted by molar-refractivity contribution is 8.13. The summed E-state index contributed by atoms with van der Waals surface area (Å²) in [6.45, 7) is 3.43. The van der Waals surface area contributed by atoms with Gasteiger partial charge in [-0.25, -0.2) is 0 Å². The molecule has 0 aliphatic carbocycles. The zero-order valence-electron chi connectivity index (χ0n) is 7.99. The third kappa shape index (κ3) is 2.64. The quantitative estimate of drug-likeness (QED) is 0.634. The van der Waals surface area contributed by atoms with Crippen molar-refractivity contribution in [2.75, 3.05) is 26.0 Å². The predicted octanol–water partition coefficient (Wildman–Crippen LogP) is 1.07. The van der Waals surface area contributed by atoms with E-state index in [1.807, 2.05) is 23.8 Å². The van der Waals surface area contributed by atoms with E-state index in [9.17, 15) is 4.79 Å². The number of rotatable bonds is 3. The Kier molecular flexibility index (Phi) is 3.64. The largest absolute Gasteiger partial charge is 0.320 e. The van der Waals surface area contributed by atoms with E-state index in [0.717, 1.165) is 12.3 Å². The van der Waals surface area contributed by atoms with E-state index in [4.69, 9.17) is 6.42 Å². The monoisotopic (exact) mass is 198 g/mol. The highest BCUT2D eigenvalue weighted by Crippen LogP contribution is 2.17. The van der Waals surface area contributed by atoms with Crippen molar-refractivity contribution in [2.24, 2.45) is 0 Å². The van der Waals surface area contributed by atoms with Crippen molar-refractivity contribution in [3.8, 4) is 12.3 Å². The van der Waals surface area contributed by atoms with Crippen LogP contribution in [0.4, 0.5) is 4.79 Å². The Balaban J connectivity index is 2.40. The molecular formula is C9H14N2OS. The third-order valence-corrected chi connectivity index (χ3v) is 3.03. The molecule has 0 spiro atoms. The van der Waals surface area contributed by atoms with Crippen LogP contribution in [-0.2, 0) is 0 Å². The van der Waals surface area contributed by atoms with Crippen molar-refractivity contribution < 1.29 is 4.79 Å². The van der Waals surface area contributed by atoms with Gasteiger partial charge in [0.25, 0.3) is 5.24 Å². The van der Waals surface area contributed by atoms with Crippen molar-refractivity contribution in [2.45, 2.75) is 13.0 Å². The van der Waals surface area contributed by atoms with Crippen LogP contribution in [0.3, 0.4) is 0 Å². The van der Waals surface area contributed by atoms with Gasteiger partial charge in [0, 0.05) is 12.3 Å². The summed E-state index contributed by atoms with van der Waals surface area (Å²) in [5.41, 5.74) is 0. The molecule has 1 aliphatic heterocycles. The lowest BCUT2D eigenvalue weighted by atomic mass is 10.3. The number of carbonyl (C=O) groups excluding carboxylic acids is 1. The molecular weight excluding hydrogens is 184 g/mol. The normalized spacial score (nSPS) is 19.2. The molecule has 1 unspecified atom stereocenters. The molecule has 13 heavy (non-hydrogen) atoms. The first-order valence-electron chi connectivity index (χ1n) is 4.23. The SMILES string of the molecule is C#CC(C)N(C)CN1CCSC1=O. The number of nitrogens with zero attached hydrogens (tertiary/aromatic N) is 2. The lowest BCUT2D eigenvalue weighted by Gasteiger charge is -2.25. The Morgan fingerprint density at radius 2 is 2.54 bits per heavy atom. The molecule has 0 aromatic rings. The maximum atomic E-state index is 11.2. The molecule has 0 aromatic heterocycles. The minimum Gasteiger partial charge on any atom is -0.320 e. The van der Waals surface area contributed by atoms with Gasteiger partial charge in [-0.3, -0.25) is 9.69 Å². The number of terminal acetylenes is 1. The fraction of sp³-hybridized carbons (Fsp3) is 0.667. The molecule has 1 heterocycles. The zero-order chi connectivity index (χ0) is 9.84. The molecule has 0 aromatic carbocycles. The third-order valence-electron chi connectivity index (χ3n) is 2.14. The van der Waals surface area contributed by atoms with Crippen LogP contribution in [0.25, 0.3) is 0 Å². The van der Waals surface area contributed by atoms with Gasteiger partial charge in [-0.2, -0.15) is 0 Å². The summed E-state index contributed by atoms with van der Waals surface area (Å²) in [5, 5.41) is 0.163. The number of hydrogen-bond donors (Lipinski definition) is 0. The molecule has 1 aliphatic rings. The summed E-state index contributed by atoms with van der Waals surface area (Å²) in [6, 6.07) is 0.0819. The molecule has 0 bridgehead atoms. The Morgan fingerprint density at radius 1 is 1.85 bits per heavy atom. The molecule has 0 radical (unpaired) electrons. The summed E-state index contributed by atoms with van der Waals surface area (Å²) >= 11 is 1.38. The Labute approximate surface area is 83.5 Å². The van der Waals surface area contributed by atoms with Gasteiger partial charge in [0.1, 0.15) is 0 Å². The zero-order valence-corrected chi connectivity index (χ0v) is 8.80. The van der Waals surface area contributed by atoms with Gasteiger partial charge in [0.05, 0.1) is 12.7 Å². The molecule has 1 saturated heterocycles. The first-order chi connectivity index (χ1) is 6.15. The molecule has 0 saturated carbocycles. The fourth-order valence-electron chi connectivity index (χ4n) is 1.07. The van der Waals surface area contributed by atoms with E-state index >= 15 is 0 Å². The minimum atomic E-state index is 0.0819. The smallest absolute Gasteiger partial charge is 0.282 e. The van der Waals surface area contributed by atoms with Gasteiger partial charge in [0.2, 0.25) is 0 Å². The van der Waals surface area contributed by atoms with E-state index in [1.165, 1.54) is 11.8 Å². The maximum absolute atomic E-state index is 11.2. The van der Waals surface area contributed by atoms with Crippen LogP contribution in [0.5, 0.6) is 0 Å². The van der Waals surface area contributed by atoms with Gasteiger partial charge < -0.3 is 4.90 Å². The van der Waals surface area contributed by atoms with Crippen LogP contribution in [-0.4, -0.2) is 47.1 Å². The van der Waals surface area contributed by atoms with Crippen molar-refractivity contribution >= 4 is 17.0 Å². The lowest BCUT2D eigenvalue weighted by Crippen LogP contribution is -2.39. The highest BCUT2D eigenvalue weighted by atomic mass is 32.2. The van der Waals surface area contributed by atoms with E-state index in [0.29, 0.717) is 6.67 Å². The lowest BCUT2D eigenvalue weighted by molar-refractivity contribution is 0.172. The molecule has 1 fully saturated rings. The molecule has 0 N–H and O–H groups in total. The predicted molar refractivity (Wildman–Crippen MR) is 55.5 cm³/mol. The topological polar surface area (TPSA) is 23.6 Å². The summed E-state index contributed by atoms with van der Waals surface area (Å²) in [5.74, 6) is 3.53. The van der Waals surface area contributed by atoms with Crippen LogP contribution in [0.15, 0.2) is 0 Å². The second-order valence-electron chi connectivity index (χ2n) is 3.12. The number of thioether (sulfide) groups is 1. The number of hydrogen-bond acceptors (Lipinski definition) is 3. The van der Waals surface area contributed by atoms with Gasteiger partial charge in [-0.05, 0) is 14.0 Å². The molecule has 72 valence electrons. The van der Waals surface area contributed by atoms with Crippen molar-refractivity contribution in [1.82, 2.24) is 9.80 Å². The highest BCUT2D eigenvalue weighted by Gasteiger charge is 2.22. The molecule has 3 nitrogen and oxygen atoms in total. The van der Waals surface area contributed by atoms with Gasteiger partial charge in [0.15, 0.2) is 0 Å². The van der Waals surface area contributed by atoms with E-state index < -0.39 is 0 Å². The standard InChI is InChI=1S/C9H14N2OS/c1-4-8(2)10(3)7-11-5-6-13-9(11)12/h1,8H,5-7H2,2-3H3. The van der Waals surface area contributed by atoms with Crippen molar-refractivity contribution in [1.29, 1.82) is 0 Å². The summed E-state index contributed by atoms with van der Waals surface area (Å²) in [7, 11) is 1.93. The second-order valence-corrected chi connectivity index (χ2v) is 4.17. The van der Waals surface area contributed by atoms with Crippen LogP contribution in [0.2, 0.25) is 0 Å². The summed E-state index contributed by atoms with van der Waals surface area (Å²) < 4.78 is 0. The summed E-state index contributed by atoms with van der Waals surface area (Å²) in [4.78, 5) is 15.0. The molecule has 1 amide bonds. The molecule has 1 rings (SSSR count). The average molecular weight is 198 g/mol. The van der Waals surface area contributed by atoms with Crippen molar-refractivity contribution in [3.63, 3.8) is 0 Å². The van der Waals surface area contributed by atoms with Gasteiger partial charge in [-0.1, -0.05) is 17.7 Å². The number of amides is 1. The Morgan fingerprint density at radius 3 is 3.00 bits per heavy atom. The van der Waals surface area contributed by atoms with Gasteiger partial charge in [-0.15, -0.1) is 6.42 Å². The fourth-order valence-corrected chi connectivity index (χ4v) is 1.89. The Hall–Kier alpha value is -0.660. The Bertz CT molecular complexity index is 236. The maximum Gasteiger partial charge on any atom is 0.282 e.